The third-order valence-electron chi connectivity index (χ3n) is 4.39. The highest BCUT2D eigenvalue weighted by atomic mass is 15.2. The Morgan fingerprint density at radius 1 is 1.00 bits per heavy atom. The Labute approximate surface area is 124 Å². The Hall–Kier alpha value is -2.13. The van der Waals surface area contributed by atoms with E-state index in [0.29, 0.717) is 0 Å². The van der Waals surface area contributed by atoms with Gasteiger partial charge in [-0.3, -0.25) is 9.88 Å². The predicted molar refractivity (Wildman–Crippen MR) is 85.2 cm³/mol. The minimum Gasteiger partial charge on any atom is -0.361 e. The summed E-state index contributed by atoms with van der Waals surface area (Å²) in [5.41, 5.74) is 3.68. The van der Waals surface area contributed by atoms with Crippen LogP contribution in [0.15, 0.2) is 54.9 Å². The molecular formula is C18H19N3. The lowest BCUT2D eigenvalue weighted by Gasteiger charge is -2.27. The van der Waals surface area contributed by atoms with Gasteiger partial charge in [0.1, 0.15) is 0 Å². The summed E-state index contributed by atoms with van der Waals surface area (Å²) in [5, 5.41) is 1.31. The van der Waals surface area contributed by atoms with Crippen LogP contribution < -0.4 is 0 Å². The molecule has 3 heterocycles. The highest BCUT2D eigenvalue weighted by molar-refractivity contribution is 5.84. The van der Waals surface area contributed by atoms with E-state index in [9.17, 15) is 0 Å². The lowest BCUT2D eigenvalue weighted by Crippen LogP contribution is -2.27. The lowest BCUT2D eigenvalue weighted by atomic mass is 10.0. The fourth-order valence-electron chi connectivity index (χ4n) is 3.40. The average Bonchev–Trinajstić information content (AvgIpc) is 3.20. The molecule has 0 bridgehead atoms. The van der Waals surface area contributed by atoms with Gasteiger partial charge in [0.05, 0.1) is 11.7 Å². The van der Waals surface area contributed by atoms with Crippen molar-refractivity contribution in [3.05, 3.63) is 66.1 Å². The summed E-state index contributed by atoms with van der Waals surface area (Å²) in [7, 11) is 0. The fraction of sp³-hybridized carbons (Fsp3) is 0.278. The van der Waals surface area contributed by atoms with E-state index in [4.69, 9.17) is 0 Å². The van der Waals surface area contributed by atoms with Crippen molar-refractivity contribution in [3.63, 3.8) is 0 Å². The first-order chi connectivity index (χ1) is 10.4. The second kappa shape index (κ2) is 5.34. The van der Waals surface area contributed by atoms with Crippen molar-refractivity contribution < 1.29 is 0 Å². The highest BCUT2D eigenvalue weighted by Crippen LogP contribution is 2.34. The number of hydrogen-bond acceptors (Lipinski definition) is 2. The van der Waals surface area contributed by atoms with Crippen molar-refractivity contribution in [2.45, 2.75) is 18.9 Å². The maximum atomic E-state index is 4.63. The molecule has 0 amide bonds. The number of benzene rings is 1. The number of aromatic nitrogens is 2. The average molecular weight is 277 g/mol. The van der Waals surface area contributed by atoms with Crippen molar-refractivity contribution in [3.8, 4) is 0 Å². The normalized spacial score (nSPS) is 17.3. The number of fused-ring (bicyclic) bond motifs is 1. The van der Waals surface area contributed by atoms with Gasteiger partial charge in [0, 0.05) is 28.9 Å². The molecule has 1 aliphatic rings. The summed E-state index contributed by atoms with van der Waals surface area (Å²) in [6.07, 6.45) is 6.62. The molecule has 0 unspecified atom stereocenters. The van der Waals surface area contributed by atoms with Crippen molar-refractivity contribution in [2.75, 3.05) is 13.1 Å². The molecule has 106 valence electrons. The fourth-order valence-corrected chi connectivity index (χ4v) is 3.40. The molecule has 0 radical (unpaired) electrons. The molecular weight excluding hydrogens is 258 g/mol. The maximum absolute atomic E-state index is 4.63. The molecule has 2 aromatic heterocycles. The van der Waals surface area contributed by atoms with Crippen LogP contribution in [-0.4, -0.2) is 28.0 Å². The Morgan fingerprint density at radius 2 is 1.81 bits per heavy atom. The standard InChI is InChI=1S/C18H19N3/c1-2-8-16-14(7-1)15(13-20-16)18(21-11-5-6-12-21)17-9-3-4-10-19-17/h1-4,7-10,13,18,20H,5-6,11-12H2/t18-/m0/s1. The van der Waals surface area contributed by atoms with Gasteiger partial charge in [0.2, 0.25) is 0 Å². The molecule has 3 aromatic rings. The molecule has 0 spiro atoms. The number of aromatic amines is 1. The molecule has 1 fully saturated rings. The summed E-state index contributed by atoms with van der Waals surface area (Å²) < 4.78 is 0. The number of para-hydroxylation sites is 1. The number of nitrogens with zero attached hydrogens (tertiary/aromatic N) is 2. The smallest absolute Gasteiger partial charge is 0.0797 e. The summed E-state index contributed by atoms with van der Waals surface area (Å²) in [4.78, 5) is 10.6. The summed E-state index contributed by atoms with van der Waals surface area (Å²) in [6.45, 7) is 2.31. The van der Waals surface area contributed by atoms with Crippen molar-refractivity contribution in [1.82, 2.24) is 14.9 Å². The van der Waals surface area contributed by atoms with E-state index in [2.05, 4.69) is 57.5 Å². The minimum atomic E-state index is 0.254. The number of H-pyrrole nitrogens is 1. The SMILES string of the molecule is c1ccc([C@H](c2c[nH]c3ccccc23)N2CCCC2)nc1. The topological polar surface area (TPSA) is 31.9 Å². The third-order valence-corrected chi connectivity index (χ3v) is 4.39. The van der Waals surface area contributed by atoms with Gasteiger partial charge in [-0.25, -0.2) is 0 Å². The van der Waals surface area contributed by atoms with Crippen molar-refractivity contribution >= 4 is 10.9 Å². The molecule has 0 saturated carbocycles. The van der Waals surface area contributed by atoms with Gasteiger partial charge in [-0.05, 0) is 44.1 Å². The summed E-state index contributed by atoms with van der Waals surface area (Å²) in [6, 6.07) is 15.0. The predicted octanol–water partition coefficient (Wildman–Crippen LogP) is 3.75. The van der Waals surface area contributed by atoms with Gasteiger partial charge in [-0.1, -0.05) is 24.3 Å². The molecule has 1 N–H and O–H groups in total. The molecule has 21 heavy (non-hydrogen) atoms. The molecule has 4 rings (SSSR count). The van der Waals surface area contributed by atoms with Gasteiger partial charge in [0.25, 0.3) is 0 Å². The zero-order valence-electron chi connectivity index (χ0n) is 12.0. The molecule has 0 aliphatic carbocycles. The van der Waals surface area contributed by atoms with Gasteiger partial charge >= 0.3 is 0 Å². The minimum absolute atomic E-state index is 0.254. The van der Waals surface area contributed by atoms with E-state index >= 15 is 0 Å². The van der Waals surface area contributed by atoms with Crippen LogP contribution in [0.5, 0.6) is 0 Å². The van der Waals surface area contributed by atoms with Crippen molar-refractivity contribution in [2.24, 2.45) is 0 Å². The number of nitrogens with one attached hydrogen (secondary N) is 1. The molecule has 1 saturated heterocycles. The Morgan fingerprint density at radius 3 is 2.62 bits per heavy atom. The molecule has 1 atom stereocenters. The molecule has 1 aromatic carbocycles. The van der Waals surface area contributed by atoms with E-state index in [1.54, 1.807) is 0 Å². The van der Waals surface area contributed by atoms with Crippen molar-refractivity contribution in [1.29, 1.82) is 0 Å². The van der Waals surface area contributed by atoms with Crippen LogP contribution in [0.1, 0.15) is 30.1 Å². The van der Waals surface area contributed by atoms with Gasteiger partial charge in [-0.2, -0.15) is 0 Å². The van der Waals surface area contributed by atoms with Crippen LogP contribution in [0.4, 0.5) is 0 Å². The van der Waals surface area contributed by atoms with E-state index in [1.807, 2.05) is 12.3 Å². The van der Waals surface area contributed by atoms with Crippen LogP contribution in [0.25, 0.3) is 10.9 Å². The number of rotatable bonds is 3. The largest absolute Gasteiger partial charge is 0.361 e. The Balaban J connectivity index is 1.85. The van der Waals surface area contributed by atoms with E-state index in [1.165, 1.54) is 29.3 Å². The van der Waals surface area contributed by atoms with Gasteiger partial charge < -0.3 is 4.98 Å². The van der Waals surface area contributed by atoms with Gasteiger partial charge in [-0.15, -0.1) is 0 Å². The van der Waals surface area contributed by atoms with E-state index in [0.717, 1.165) is 18.8 Å². The first-order valence-electron chi connectivity index (χ1n) is 7.64. The van der Waals surface area contributed by atoms with Gasteiger partial charge in [0.15, 0.2) is 0 Å². The first-order valence-corrected chi connectivity index (χ1v) is 7.64. The lowest BCUT2D eigenvalue weighted by molar-refractivity contribution is 0.278. The highest BCUT2D eigenvalue weighted by Gasteiger charge is 2.27. The van der Waals surface area contributed by atoms with Crippen LogP contribution in [0, 0.1) is 0 Å². The van der Waals surface area contributed by atoms with Crippen LogP contribution in [-0.2, 0) is 0 Å². The Kier molecular flexibility index (Phi) is 3.20. The monoisotopic (exact) mass is 277 g/mol. The summed E-state index contributed by atoms with van der Waals surface area (Å²) >= 11 is 0. The first kappa shape index (κ1) is 12.6. The number of likely N-dealkylation sites (tertiary alicyclic amines) is 1. The maximum Gasteiger partial charge on any atom is 0.0797 e. The molecule has 3 heteroatoms. The molecule has 1 aliphatic heterocycles. The van der Waals surface area contributed by atoms with E-state index in [-0.39, 0.29) is 6.04 Å². The zero-order valence-corrected chi connectivity index (χ0v) is 12.0. The number of pyridine rings is 1. The third kappa shape index (κ3) is 2.24. The quantitative estimate of drug-likeness (QED) is 0.790. The van der Waals surface area contributed by atoms with Crippen LogP contribution in [0.3, 0.4) is 0 Å². The summed E-state index contributed by atoms with van der Waals surface area (Å²) in [5.74, 6) is 0. The van der Waals surface area contributed by atoms with Crippen LogP contribution >= 0.6 is 0 Å². The van der Waals surface area contributed by atoms with Crippen LogP contribution in [0.2, 0.25) is 0 Å². The Bertz CT molecular complexity index is 726. The number of hydrogen-bond donors (Lipinski definition) is 1. The second-order valence-electron chi connectivity index (χ2n) is 5.69. The van der Waals surface area contributed by atoms with E-state index < -0.39 is 0 Å². The zero-order chi connectivity index (χ0) is 14.1. The second-order valence-corrected chi connectivity index (χ2v) is 5.69. The molecule has 3 nitrogen and oxygen atoms in total.